The molecule has 0 radical (unpaired) electrons. The summed E-state index contributed by atoms with van der Waals surface area (Å²) in [5.74, 6) is -0.335. The van der Waals surface area contributed by atoms with E-state index in [0.29, 0.717) is 6.54 Å². The Labute approximate surface area is 120 Å². The molecule has 4 heteroatoms. The Morgan fingerprint density at radius 2 is 1.95 bits per heavy atom. The highest BCUT2D eigenvalue weighted by molar-refractivity contribution is 5.97. The number of aryl methyl sites for hydroxylation is 2. The Balaban J connectivity index is 2.70. The molecule has 0 unspecified atom stereocenters. The van der Waals surface area contributed by atoms with Gasteiger partial charge in [0.2, 0.25) is 0 Å². The summed E-state index contributed by atoms with van der Waals surface area (Å²) in [5.41, 5.74) is 3.22. The third-order valence-corrected chi connectivity index (χ3v) is 2.79. The number of rotatable bonds is 6. The Morgan fingerprint density at radius 1 is 1.30 bits per heavy atom. The van der Waals surface area contributed by atoms with Crippen molar-refractivity contribution in [1.29, 1.82) is 5.26 Å². The predicted octanol–water partition coefficient (Wildman–Crippen LogP) is 3.04. The molecule has 0 aliphatic heterocycles. The number of hydrogen-bond donors (Lipinski definition) is 2. The van der Waals surface area contributed by atoms with Crippen LogP contribution in [-0.2, 0) is 4.79 Å². The number of nitriles is 1. The first kappa shape index (κ1) is 15.8. The van der Waals surface area contributed by atoms with Crippen LogP contribution in [0, 0.1) is 25.2 Å². The van der Waals surface area contributed by atoms with Crippen molar-refractivity contribution in [1.82, 2.24) is 5.32 Å². The van der Waals surface area contributed by atoms with Crippen molar-refractivity contribution in [2.24, 2.45) is 0 Å². The maximum absolute atomic E-state index is 11.8. The van der Waals surface area contributed by atoms with Crippen LogP contribution in [0.5, 0.6) is 0 Å². The molecule has 1 aromatic rings. The van der Waals surface area contributed by atoms with Crippen LogP contribution in [0.4, 0.5) is 5.69 Å². The van der Waals surface area contributed by atoms with Gasteiger partial charge in [-0.15, -0.1) is 0 Å². The Hall–Kier alpha value is -2.28. The second-order valence-electron chi connectivity index (χ2n) is 4.80. The number of unbranched alkanes of at least 4 members (excludes halogenated alkanes) is 1. The first-order chi connectivity index (χ1) is 9.56. The topological polar surface area (TPSA) is 64.9 Å². The van der Waals surface area contributed by atoms with Crippen LogP contribution < -0.4 is 10.6 Å². The van der Waals surface area contributed by atoms with Crippen molar-refractivity contribution in [3.63, 3.8) is 0 Å². The van der Waals surface area contributed by atoms with E-state index in [2.05, 4.69) is 23.6 Å². The number of nitrogens with zero attached hydrogens (tertiary/aromatic N) is 1. The summed E-state index contributed by atoms with van der Waals surface area (Å²) >= 11 is 0. The molecule has 0 heterocycles. The molecular formula is C16H21N3O. The standard InChI is InChI=1S/C16H21N3O/c1-4-5-6-18-16(20)14(10-17)11-19-15-8-12(2)7-13(3)9-15/h7-9,11,19H,4-6H2,1-3H3,(H,18,20)/b14-11-. The van der Waals surface area contributed by atoms with Gasteiger partial charge in [0.15, 0.2) is 0 Å². The first-order valence-corrected chi connectivity index (χ1v) is 6.80. The highest BCUT2D eigenvalue weighted by Gasteiger charge is 2.07. The molecule has 0 spiro atoms. The summed E-state index contributed by atoms with van der Waals surface area (Å²) in [5, 5.41) is 14.7. The Morgan fingerprint density at radius 3 is 2.50 bits per heavy atom. The lowest BCUT2D eigenvalue weighted by Gasteiger charge is -2.06. The maximum atomic E-state index is 11.8. The van der Waals surface area contributed by atoms with Crippen molar-refractivity contribution >= 4 is 11.6 Å². The van der Waals surface area contributed by atoms with Gasteiger partial charge in [0.05, 0.1) is 0 Å². The summed E-state index contributed by atoms with van der Waals surface area (Å²) in [6.45, 7) is 6.65. The first-order valence-electron chi connectivity index (χ1n) is 6.80. The van der Waals surface area contributed by atoms with E-state index < -0.39 is 0 Å². The third kappa shape index (κ3) is 5.15. The van der Waals surface area contributed by atoms with Crippen molar-refractivity contribution in [3.8, 4) is 6.07 Å². The van der Waals surface area contributed by atoms with E-state index in [0.717, 1.165) is 29.7 Å². The molecule has 0 saturated heterocycles. The fourth-order valence-electron chi connectivity index (χ4n) is 1.84. The molecule has 1 aromatic carbocycles. The molecule has 2 N–H and O–H groups in total. The lowest BCUT2D eigenvalue weighted by Crippen LogP contribution is -2.25. The average Bonchev–Trinajstić information content (AvgIpc) is 2.38. The van der Waals surface area contributed by atoms with Crippen LogP contribution in [0.3, 0.4) is 0 Å². The van der Waals surface area contributed by atoms with Gasteiger partial charge in [-0.3, -0.25) is 4.79 Å². The molecule has 0 atom stereocenters. The zero-order chi connectivity index (χ0) is 15.0. The minimum absolute atomic E-state index is 0.0836. The molecule has 20 heavy (non-hydrogen) atoms. The molecule has 0 bridgehead atoms. The quantitative estimate of drug-likeness (QED) is 0.475. The van der Waals surface area contributed by atoms with Crippen molar-refractivity contribution in [3.05, 3.63) is 41.1 Å². The third-order valence-electron chi connectivity index (χ3n) is 2.79. The molecular weight excluding hydrogens is 250 g/mol. The summed E-state index contributed by atoms with van der Waals surface area (Å²) in [7, 11) is 0. The predicted molar refractivity (Wildman–Crippen MR) is 81.2 cm³/mol. The highest BCUT2D eigenvalue weighted by atomic mass is 16.1. The van der Waals surface area contributed by atoms with Crippen LogP contribution >= 0.6 is 0 Å². The zero-order valence-electron chi connectivity index (χ0n) is 12.3. The van der Waals surface area contributed by atoms with Crippen LogP contribution in [-0.4, -0.2) is 12.5 Å². The van der Waals surface area contributed by atoms with E-state index in [9.17, 15) is 4.79 Å². The van der Waals surface area contributed by atoms with Crippen molar-refractivity contribution < 1.29 is 4.79 Å². The van der Waals surface area contributed by atoms with Gasteiger partial charge >= 0.3 is 0 Å². The van der Waals surface area contributed by atoms with Gasteiger partial charge < -0.3 is 10.6 Å². The number of amides is 1. The van der Waals surface area contributed by atoms with E-state index >= 15 is 0 Å². The smallest absolute Gasteiger partial charge is 0.263 e. The minimum Gasteiger partial charge on any atom is -0.360 e. The molecule has 1 rings (SSSR count). The number of anilines is 1. The fraction of sp³-hybridized carbons (Fsp3) is 0.375. The Bertz CT molecular complexity index is 521. The van der Waals surface area contributed by atoms with Crippen LogP contribution in [0.2, 0.25) is 0 Å². The second kappa shape index (κ2) is 8.00. The molecule has 0 saturated carbocycles. The maximum Gasteiger partial charge on any atom is 0.263 e. The monoisotopic (exact) mass is 271 g/mol. The normalized spacial score (nSPS) is 10.8. The van der Waals surface area contributed by atoms with E-state index in [1.165, 1.54) is 6.20 Å². The van der Waals surface area contributed by atoms with Gasteiger partial charge in [0.25, 0.3) is 5.91 Å². The van der Waals surface area contributed by atoms with Crippen molar-refractivity contribution in [2.75, 3.05) is 11.9 Å². The lowest BCUT2D eigenvalue weighted by molar-refractivity contribution is -0.117. The lowest BCUT2D eigenvalue weighted by atomic mass is 10.1. The number of hydrogen-bond acceptors (Lipinski definition) is 3. The molecule has 106 valence electrons. The van der Waals surface area contributed by atoms with E-state index in [-0.39, 0.29) is 11.5 Å². The molecule has 0 aromatic heterocycles. The number of carbonyl (C=O) groups is 1. The van der Waals surface area contributed by atoms with Gasteiger partial charge in [-0.05, 0) is 43.5 Å². The SMILES string of the molecule is CCCCNC(=O)/C(C#N)=C\Nc1cc(C)cc(C)c1. The average molecular weight is 271 g/mol. The largest absolute Gasteiger partial charge is 0.360 e. The van der Waals surface area contributed by atoms with Crippen LogP contribution in [0.1, 0.15) is 30.9 Å². The summed E-state index contributed by atoms with van der Waals surface area (Å²) in [4.78, 5) is 11.8. The number of nitrogens with one attached hydrogen (secondary N) is 2. The molecule has 0 aliphatic rings. The van der Waals surface area contributed by atoms with E-state index in [4.69, 9.17) is 5.26 Å². The second-order valence-corrected chi connectivity index (χ2v) is 4.80. The number of benzene rings is 1. The summed E-state index contributed by atoms with van der Waals surface area (Å²) < 4.78 is 0. The van der Waals surface area contributed by atoms with E-state index in [1.807, 2.05) is 32.0 Å². The van der Waals surface area contributed by atoms with Gasteiger partial charge in [-0.1, -0.05) is 19.4 Å². The Kier molecular flexibility index (Phi) is 6.31. The molecule has 4 nitrogen and oxygen atoms in total. The van der Waals surface area contributed by atoms with Gasteiger partial charge in [0, 0.05) is 18.4 Å². The minimum atomic E-state index is -0.335. The molecule has 0 aliphatic carbocycles. The van der Waals surface area contributed by atoms with Gasteiger partial charge in [-0.2, -0.15) is 5.26 Å². The highest BCUT2D eigenvalue weighted by Crippen LogP contribution is 2.14. The summed E-state index contributed by atoms with van der Waals surface area (Å²) in [6, 6.07) is 7.91. The number of carbonyl (C=O) groups excluding carboxylic acids is 1. The van der Waals surface area contributed by atoms with Crippen molar-refractivity contribution in [2.45, 2.75) is 33.6 Å². The van der Waals surface area contributed by atoms with Crippen LogP contribution in [0.15, 0.2) is 30.0 Å². The fourth-order valence-corrected chi connectivity index (χ4v) is 1.84. The van der Waals surface area contributed by atoms with Crippen LogP contribution in [0.25, 0.3) is 0 Å². The molecule has 0 fully saturated rings. The van der Waals surface area contributed by atoms with Gasteiger partial charge in [-0.25, -0.2) is 0 Å². The molecule has 1 amide bonds. The van der Waals surface area contributed by atoms with E-state index in [1.54, 1.807) is 0 Å². The summed E-state index contributed by atoms with van der Waals surface area (Å²) in [6.07, 6.45) is 3.37. The zero-order valence-corrected chi connectivity index (χ0v) is 12.3. The van der Waals surface area contributed by atoms with Gasteiger partial charge in [0.1, 0.15) is 11.6 Å².